The van der Waals surface area contributed by atoms with Gasteiger partial charge >= 0.3 is 12.1 Å². The van der Waals surface area contributed by atoms with Gasteiger partial charge in [-0.25, -0.2) is 4.79 Å². The lowest BCUT2D eigenvalue weighted by Crippen LogP contribution is -2.30. The van der Waals surface area contributed by atoms with Crippen LogP contribution in [0, 0.1) is 20.8 Å². The molecule has 26 heavy (non-hydrogen) atoms. The fraction of sp³-hybridized carbons (Fsp3) is 0.438. The van der Waals surface area contributed by atoms with Crippen LogP contribution in [0.3, 0.4) is 0 Å². The molecule has 10 heteroatoms. The Balaban J connectivity index is 2.07. The Hall–Kier alpha value is -2.78. The zero-order chi connectivity index (χ0) is 19.6. The number of carbonyl (C=O) groups excluding carboxylic acids is 2. The second kappa shape index (κ2) is 7.22. The van der Waals surface area contributed by atoms with Gasteiger partial charge in [0.15, 0.2) is 11.9 Å². The average Bonchev–Trinajstić information content (AvgIpc) is 3.03. The predicted molar refractivity (Wildman–Crippen MR) is 84.7 cm³/mol. The molecular weight excluding hydrogens is 355 g/mol. The topological polar surface area (TPSA) is 86.4 Å². The second-order valence-electron chi connectivity index (χ2n) is 5.85. The van der Waals surface area contributed by atoms with Crippen LogP contribution in [0.15, 0.2) is 16.7 Å². The molecular formula is C16H18F3N3O4. The maximum atomic E-state index is 12.6. The van der Waals surface area contributed by atoms with E-state index in [0.29, 0.717) is 5.76 Å². The van der Waals surface area contributed by atoms with E-state index in [1.807, 2.05) is 0 Å². The Morgan fingerprint density at radius 2 is 1.96 bits per heavy atom. The van der Waals surface area contributed by atoms with Crippen LogP contribution >= 0.6 is 0 Å². The van der Waals surface area contributed by atoms with Crippen LogP contribution < -0.4 is 5.32 Å². The fourth-order valence-corrected chi connectivity index (χ4v) is 2.36. The first-order chi connectivity index (χ1) is 12.0. The Morgan fingerprint density at radius 1 is 1.31 bits per heavy atom. The number of carbonyl (C=O) groups is 2. The van der Waals surface area contributed by atoms with Gasteiger partial charge in [-0.1, -0.05) is 5.16 Å². The molecule has 1 atom stereocenters. The summed E-state index contributed by atoms with van der Waals surface area (Å²) < 4.78 is 48.7. The normalized spacial score (nSPS) is 12.7. The summed E-state index contributed by atoms with van der Waals surface area (Å²) in [4.78, 5) is 24.2. The van der Waals surface area contributed by atoms with Gasteiger partial charge < -0.3 is 19.1 Å². The maximum absolute atomic E-state index is 12.6. The number of halogens is 3. The van der Waals surface area contributed by atoms with E-state index in [4.69, 9.17) is 9.26 Å². The quantitative estimate of drug-likeness (QED) is 0.814. The van der Waals surface area contributed by atoms with Gasteiger partial charge in [-0.2, -0.15) is 13.2 Å². The number of nitrogens with zero attached hydrogens (tertiary/aromatic N) is 2. The van der Waals surface area contributed by atoms with E-state index < -0.39 is 30.7 Å². The van der Waals surface area contributed by atoms with Crippen molar-refractivity contribution < 1.29 is 32.0 Å². The zero-order valence-corrected chi connectivity index (χ0v) is 14.6. The largest absolute Gasteiger partial charge is 0.449 e. The molecule has 7 nitrogen and oxygen atoms in total. The fourth-order valence-electron chi connectivity index (χ4n) is 2.36. The third-order valence-electron chi connectivity index (χ3n) is 3.66. The number of ether oxygens (including phenoxy) is 1. The summed E-state index contributed by atoms with van der Waals surface area (Å²) >= 11 is 0. The second-order valence-corrected chi connectivity index (χ2v) is 5.85. The van der Waals surface area contributed by atoms with Gasteiger partial charge in [0.1, 0.15) is 12.3 Å². The first kappa shape index (κ1) is 19.5. The van der Waals surface area contributed by atoms with Gasteiger partial charge in [0.05, 0.1) is 5.56 Å². The van der Waals surface area contributed by atoms with E-state index in [9.17, 15) is 22.8 Å². The molecule has 0 saturated heterocycles. The molecule has 0 spiro atoms. The summed E-state index contributed by atoms with van der Waals surface area (Å²) in [6.07, 6.45) is -5.59. The summed E-state index contributed by atoms with van der Waals surface area (Å²) in [5, 5.41) is 5.99. The van der Waals surface area contributed by atoms with E-state index >= 15 is 0 Å². The average molecular weight is 373 g/mol. The Bertz CT molecular complexity index is 823. The van der Waals surface area contributed by atoms with Crippen LogP contribution in [0.4, 0.5) is 19.0 Å². The molecule has 0 aromatic carbocycles. The van der Waals surface area contributed by atoms with Crippen molar-refractivity contribution >= 4 is 17.7 Å². The van der Waals surface area contributed by atoms with Crippen molar-refractivity contribution in [3.8, 4) is 0 Å². The molecule has 2 heterocycles. The van der Waals surface area contributed by atoms with Crippen molar-refractivity contribution in [2.75, 3.05) is 5.32 Å². The molecule has 1 amide bonds. The Kier molecular flexibility index (Phi) is 5.43. The molecule has 0 bridgehead atoms. The molecule has 0 fully saturated rings. The highest BCUT2D eigenvalue weighted by Gasteiger charge is 2.31. The smallest absolute Gasteiger partial charge is 0.406 e. The van der Waals surface area contributed by atoms with Crippen molar-refractivity contribution in [3.63, 3.8) is 0 Å². The van der Waals surface area contributed by atoms with Gasteiger partial charge in [-0.15, -0.1) is 0 Å². The van der Waals surface area contributed by atoms with E-state index in [1.54, 1.807) is 6.92 Å². The monoisotopic (exact) mass is 373 g/mol. The first-order valence-corrected chi connectivity index (χ1v) is 7.66. The predicted octanol–water partition coefficient (Wildman–Crippen LogP) is 3.15. The van der Waals surface area contributed by atoms with E-state index in [1.165, 1.54) is 32.9 Å². The highest BCUT2D eigenvalue weighted by molar-refractivity contribution is 5.97. The van der Waals surface area contributed by atoms with Crippen LogP contribution in [0.25, 0.3) is 0 Å². The number of anilines is 1. The molecule has 2 aromatic heterocycles. The van der Waals surface area contributed by atoms with Crippen molar-refractivity contribution in [1.29, 1.82) is 0 Å². The molecule has 0 unspecified atom stereocenters. The van der Waals surface area contributed by atoms with E-state index in [-0.39, 0.29) is 22.8 Å². The Morgan fingerprint density at radius 3 is 2.50 bits per heavy atom. The van der Waals surface area contributed by atoms with Crippen LogP contribution in [0.1, 0.15) is 34.4 Å². The minimum atomic E-state index is -4.42. The molecule has 142 valence electrons. The van der Waals surface area contributed by atoms with Gasteiger partial charge in [0, 0.05) is 17.5 Å². The van der Waals surface area contributed by atoms with Crippen LogP contribution in [-0.2, 0) is 16.1 Å². The lowest BCUT2D eigenvalue weighted by molar-refractivity contribution is -0.141. The lowest BCUT2D eigenvalue weighted by atomic mass is 10.2. The maximum Gasteiger partial charge on any atom is 0.406 e. The molecule has 0 aliphatic rings. The van der Waals surface area contributed by atoms with Crippen molar-refractivity contribution in [3.05, 3.63) is 34.8 Å². The molecule has 0 aliphatic carbocycles. The number of esters is 1. The van der Waals surface area contributed by atoms with E-state index in [0.717, 1.165) is 4.57 Å². The first-order valence-electron chi connectivity index (χ1n) is 7.66. The van der Waals surface area contributed by atoms with Gasteiger partial charge in [-0.3, -0.25) is 4.79 Å². The minimum Gasteiger partial charge on any atom is -0.449 e. The zero-order valence-electron chi connectivity index (χ0n) is 14.6. The molecule has 0 saturated carbocycles. The Labute approximate surface area is 147 Å². The van der Waals surface area contributed by atoms with Crippen molar-refractivity contribution in [2.24, 2.45) is 0 Å². The number of hydrogen-bond acceptors (Lipinski definition) is 5. The van der Waals surface area contributed by atoms with E-state index in [2.05, 4.69) is 10.5 Å². The number of amides is 1. The highest BCUT2D eigenvalue weighted by atomic mass is 19.4. The van der Waals surface area contributed by atoms with Crippen molar-refractivity contribution in [1.82, 2.24) is 9.72 Å². The van der Waals surface area contributed by atoms with Crippen LogP contribution in [-0.4, -0.2) is 33.9 Å². The van der Waals surface area contributed by atoms with Crippen molar-refractivity contribution in [2.45, 2.75) is 46.5 Å². The number of rotatable bonds is 5. The minimum absolute atomic E-state index is 0.0244. The highest BCUT2D eigenvalue weighted by Crippen LogP contribution is 2.23. The summed E-state index contributed by atoms with van der Waals surface area (Å²) in [5.74, 6) is -0.873. The summed E-state index contributed by atoms with van der Waals surface area (Å²) in [7, 11) is 0. The summed E-state index contributed by atoms with van der Waals surface area (Å²) in [6.45, 7) is 4.62. The molecule has 2 aromatic rings. The lowest BCUT2D eigenvalue weighted by Gasteiger charge is -2.14. The van der Waals surface area contributed by atoms with Gasteiger partial charge in [0.2, 0.25) is 0 Å². The number of hydrogen-bond donors (Lipinski definition) is 1. The molecule has 0 aliphatic heterocycles. The summed E-state index contributed by atoms with van der Waals surface area (Å²) in [5.41, 5.74) is 0.357. The number of nitrogens with one attached hydrogen (secondary N) is 1. The molecule has 0 radical (unpaired) electrons. The van der Waals surface area contributed by atoms with Gasteiger partial charge in [0.25, 0.3) is 5.91 Å². The number of aryl methyl sites for hydroxylation is 2. The summed E-state index contributed by atoms with van der Waals surface area (Å²) in [6, 6.07) is 2.78. The third-order valence-corrected chi connectivity index (χ3v) is 3.66. The molecule has 2 rings (SSSR count). The standard InChI is InChI=1S/C16H18F3N3O4/c1-8-5-12(10(3)22(8)7-16(17,18)19)15(24)25-11(4)14(23)20-13-6-9(2)26-21-13/h5-6,11H,7H2,1-4H3,(H,20,21,23)/t11-/m0/s1. The van der Waals surface area contributed by atoms with Gasteiger partial charge in [-0.05, 0) is 33.8 Å². The van der Waals surface area contributed by atoms with Crippen LogP contribution in [0.5, 0.6) is 0 Å². The third kappa shape index (κ3) is 4.64. The van der Waals surface area contributed by atoms with Crippen LogP contribution in [0.2, 0.25) is 0 Å². The molecule has 1 N–H and O–H groups in total. The SMILES string of the molecule is Cc1cc(NC(=O)[C@H](C)OC(=O)c2cc(C)n(CC(F)(F)F)c2C)no1. The number of aromatic nitrogens is 2. The number of alkyl halides is 3.